The van der Waals surface area contributed by atoms with Crippen molar-refractivity contribution in [3.63, 3.8) is 0 Å². The van der Waals surface area contributed by atoms with Crippen LogP contribution >= 0.6 is 0 Å². The summed E-state index contributed by atoms with van der Waals surface area (Å²) in [4.78, 5) is 33.7. The highest BCUT2D eigenvalue weighted by molar-refractivity contribution is 6.01. The Balaban J connectivity index is 1.71. The molecule has 7 nitrogen and oxygen atoms in total. The van der Waals surface area contributed by atoms with Gasteiger partial charge in [0.15, 0.2) is 0 Å². The van der Waals surface area contributed by atoms with Crippen molar-refractivity contribution in [3.05, 3.63) is 36.2 Å². The van der Waals surface area contributed by atoms with Crippen molar-refractivity contribution < 1.29 is 19.2 Å². The molecule has 27 heavy (non-hydrogen) atoms. The summed E-state index contributed by atoms with van der Waals surface area (Å²) in [6.45, 7) is 6.07. The smallest absolute Gasteiger partial charge is 0.278 e. The second-order valence-electron chi connectivity index (χ2n) is 7.03. The molecule has 144 valence electrons. The van der Waals surface area contributed by atoms with Crippen LogP contribution in [0.4, 0.5) is 0 Å². The van der Waals surface area contributed by atoms with Crippen molar-refractivity contribution in [2.45, 2.75) is 45.8 Å². The number of rotatable bonds is 7. The van der Waals surface area contributed by atoms with Gasteiger partial charge in [-0.05, 0) is 43.4 Å². The van der Waals surface area contributed by atoms with Crippen molar-refractivity contribution in [1.82, 2.24) is 15.8 Å². The van der Waals surface area contributed by atoms with Gasteiger partial charge in [0.05, 0.1) is 24.3 Å². The Morgan fingerprint density at radius 2 is 2.19 bits per heavy atom. The van der Waals surface area contributed by atoms with E-state index in [0.717, 1.165) is 17.2 Å². The van der Waals surface area contributed by atoms with E-state index in [0.29, 0.717) is 17.7 Å². The molecule has 1 aliphatic rings. The van der Waals surface area contributed by atoms with E-state index in [1.165, 1.54) is 0 Å². The third-order valence-corrected chi connectivity index (χ3v) is 4.66. The maximum absolute atomic E-state index is 12.7. The molecule has 0 unspecified atom stereocenters. The van der Waals surface area contributed by atoms with Crippen LogP contribution < -0.4 is 15.5 Å². The molecule has 1 fully saturated rings. The summed E-state index contributed by atoms with van der Waals surface area (Å²) in [5.74, 6) is 0.342. The molecular formula is C20H25N3O4. The topological polar surface area (TPSA) is 89.6 Å². The number of nitrogens with zero attached hydrogens (tertiary/aromatic N) is 1. The average molecular weight is 371 g/mol. The molecule has 1 aliphatic heterocycles. The molecule has 0 radical (unpaired) electrons. The first-order valence-corrected chi connectivity index (χ1v) is 9.23. The molecule has 3 rings (SSSR count). The minimum atomic E-state index is -0.387. The standard InChI is InChI=1S/C20H25N3O4/c1-4-13-9-19(24)22-17(13)11-26-23-20(25)16-7-14-5-6-21-10-15(14)8-18(16)27-12(2)3/h5-8,10,12-13,17H,4,9,11H2,1-3H3,(H,22,24)(H,23,25)/t13-,17-/m1/s1. The lowest BCUT2D eigenvalue weighted by molar-refractivity contribution is -0.119. The normalized spacial score (nSPS) is 19.3. The number of hydrogen-bond acceptors (Lipinski definition) is 5. The second-order valence-corrected chi connectivity index (χ2v) is 7.03. The Morgan fingerprint density at radius 1 is 1.37 bits per heavy atom. The van der Waals surface area contributed by atoms with E-state index in [1.807, 2.05) is 32.9 Å². The Hall–Kier alpha value is -2.67. The summed E-state index contributed by atoms with van der Waals surface area (Å²) < 4.78 is 5.80. The average Bonchev–Trinajstić information content (AvgIpc) is 3.00. The van der Waals surface area contributed by atoms with Crippen molar-refractivity contribution in [3.8, 4) is 5.75 Å². The number of carbonyl (C=O) groups excluding carboxylic acids is 2. The SMILES string of the molecule is CC[C@@H]1CC(=O)N[C@@H]1CONC(=O)c1cc2ccncc2cc1OC(C)C. The van der Waals surface area contributed by atoms with Gasteiger partial charge in [-0.3, -0.25) is 19.4 Å². The van der Waals surface area contributed by atoms with E-state index in [4.69, 9.17) is 9.57 Å². The van der Waals surface area contributed by atoms with Crippen molar-refractivity contribution >= 4 is 22.6 Å². The van der Waals surface area contributed by atoms with Crippen LogP contribution in [0.5, 0.6) is 5.75 Å². The number of aromatic nitrogens is 1. The van der Waals surface area contributed by atoms with Gasteiger partial charge in [-0.1, -0.05) is 13.3 Å². The van der Waals surface area contributed by atoms with Crippen molar-refractivity contribution in [2.24, 2.45) is 5.92 Å². The summed E-state index contributed by atoms with van der Waals surface area (Å²) in [5, 5.41) is 4.67. The van der Waals surface area contributed by atoms with Gasteiger partial charge >= 0.3 is 0 Å². The van der Waals surface area contributed by atoms with Gasteiger partial charge in [-0.25, -0.2) is 5.48 Å². The van der Waals surface area contributed by atoms with Crippen molar-refractivity contribution in [1.29, 1.82) is 0 Å². The van der Waals surface area contributed by atoms with Crippen LogP contribution in [0.25, 0.3) is 10.8 Å². The van der Waals surface area contributed by atoms with Gasteiger partial charge in [-0.15, -0.1) is 0 Å². The summed E-state index contributed by atoms with van der Waals surface area (Å²) in [6.07, 6.45) is 4.71. The molecule has 1 aromatic heterocycles. The number of nitrogens with one attached hydrogen (secondary N) is 2. The van der Waals surface area contributed by atoms with Crippen LogP contribution in [0.2, 0.25) is 0 Å². The Kier molecular flexibility index (Phi) is 5.91. The number of hydroxylamine groups is 1. The van der Waals surface area contributed by atoms with Gasteiger partial charge in [0, 0.05) is 24.2 Å². The predicted molar refractivity (Wildman–Crippen MR) is 101 cm³/mol. The van der Waals surface area contributed by atoms with E-state index in [2.05, 4.69) is 15.8 Å². The van der Waals surface area contributed by atoms with E-state index >= 15 is 0 Å². The number of hydrogen-bond donors (Lipinski definition) is 2. The minimum absolute atomic E-state index is 0.0255. The summed E-state index contributed by atoms with van der Waals surface area (Å²) in [7, 11) is 0. The number of ether oxygens (including phenoxy) is 1. The van der Waals surface area contributed by atoms with Gasteiger partial charge < -0.3 is 10.1 Å². The maximum Gasteiger partial charge on any atom is 0.278 e. The van der Waals surface area contributed by atoms with E-state index in [1.54, 1.807) is 18.5 Å². The molecule has 2 N–H and O–H groups in total. The van der Waals surface area contributed by atoms with Gasteiger partial charge in [0.2, 0.25) is 5.91 Å². The maximum atomic E-state index is 12.7. The van der Waals surface area contributed by atoms with Crippen LogP contribution in [0.1, 0.15) is 44.0 Å². The Bertz CT molecular complexity index is 837. The molecule has 2 aromatic rings. The first-order valence-electron chi connectivity index (χ1n) is 9.23. The number of pyridine rings is 1. The number of carbonyl (C=O) groups is 2. The second kappa shape index (κ2) is 8.35. The van der Waals surface area contributed by atoms with Gasteiger partial charge in [-0.2, -0.15) is 0 Å². The number of fused-ring (bicyclic) bond motifs is 1. The zero-order chi connectivity index (χ0) is 19.4. The lowest BCUT2D eigenvalue weighted by Gasteiger charge is -2.18. The Morgan fingerprint density at radius 3 is 2.93 bits per heavy atom. The van der Waals surface area contributed by atoms with E-state index in [-0.39, 0.29) is 36.5 Å². The molecule has 0 bridgehead atoms. The molecule has 0 spiro atoms. The highest BCUT2D eigenvalue weighted by atomic mass is 16.7. The van der Waals surface area contributed by atoms with Crippen LogP contribution in [0.3, 0.4) is 0 Å². The zero-order valence-electron chi connectivity index (χ0n) is 15.8. The number of benzene rings is 1. The van der Waals surface area contributed by atoms with E-state index in [9.17, 15) is 9.59 Å². The fourth-order valence-electron chi connectivity index (χ4n) is 3.27. The summed E-state index contributed by atoms with van der Waals surface area (Å²) in [6, 6.07) is 5.32. The lowest BCUT2D eigenvalue weighted by Crippen LogP contribution is -2.37. The molecule has 2 heterocycles. The predicted octanol–water partition coefficient (Wildman–Crippen LogP) is 2.60. The quantitative estimate of drug-likeness (QED) is 0.730. The third kappa shape index (κ3) is 4.54. The first-order chi connectivity index (χ1) is 13.0. The van der Waals surface area contributed by atoms with Crippen LogP contribution in [0.15, 0.2) is 30.6 Å². The molecule has 1 aromatic carbocycles. The molecular weight excluding hydrogens is 346 g/mol. The van der Waals surface area contributed by atoms with Crippen LogP contribution in [-0.2, 0) is 9.63 Å². The van der Waals surface area contributed by atoms with Crippen LogP contribution in [-0.4, -0.2) is 35.6 Å². The minimum Gasteiger partial charge on any atom is -0.490 e. The highest BCUT2D eigenvalue weighted by Crippen LogP contribution is 2.27. The molecule has 1 saturated heterocycles. The monoisotopic (exact) mass is 371 g/mol. The highest BCUT2D eigenvalue weighted by Gasteiger charge is 2.31. The molecule has 2 amide bonds. The first kappa shape index (κ1) is 19.1. The molecule has 0 saturated carbocycles. The van der Waals surface area contributed by atoms with Crippen molar-refractivity contribution in [2.75, 3.05) is 6.61 Å². The Labute approximate surface area is 158 Å². The molecule has 0 aliphatic carbocycles. The molecule has 7 heteroatoms. The zero-order valence-corrected chi connectivity index (χ0v) is 15.8. The summed E-state index contributed by atoms with van der Waals surface area (Å²) in [5.41, 5.74) is 2.87. The largest absolute Gasteiger partial charge is 0.490 e. The third-order valence-electron chi connectivity index (χ3n) is 4.66. The lowest BCUT2D eigenvalue weighted by atomic mass is 9.98. The fourth-order valence-corrected chi connectivity index (χ4v) is 3.27. The number of amides is 2. The fraction of sp³-hybridized carbons (Fsp3) is 0.450. The van der Waals surface area contributed by atoms with Crippen LogP contribution in [0, 0.1) is 5.92 Å². The van der Waals surface area contributed by atoms with E-state index < -0.39 is 0 Å². The summed E-state index contributed by atoms with van der Waals surface area (Å²) >= 11 is 0. The van der Waals surface area contributed by atoms with Gasteiger partial charge in [0.25, 0.3) is 5.91 Å². The molecule has 2 atom stereocenters. The van der Waals surface area contributed by atoms with Gasteiger partial charge in [0.1, 0.15) is 5.75 Å².